The fourth-order valence-corrected chi connectivity index (χ4v) is 1.90. The summed E-state index contributed by atoms with van der Waals surface area (Å²) >= 11 is 0. The Hall–Kier alpha value is -1.77. The van der Waals surface area contributed by atoms with Crippen LogP contribution >= 0.6 is 0 Å². The molecule has 1 aromatic heterocycles. The van der Waals surface area contributed by atoms with Crippen LogP contribution in [0.3, 0.4) is 0 Å². The van der Waals surface area contributed by atoms with Gasteiger partial charge in [0.2, 0.25) is 0 Å². The average molecular weight is 230 g/mol. The van der Waals surface area contributed by atoms with E-state index in [1.54, 1.807) is 0 Å². The molecule has 0 aliphatic rings. The fraction of sp³-hybridized carbons (Fsp3) is 0.357. The van der Waals surface area contributed by atoms with Gasteiger partial charge in [0.05, 0.1) is 5.69 Å². The van der Waals surface area contributed by atoms with Crippen molar-refractivity contribution in [2.45, 2.75) is 33.1 Å². The zero-order valence-electron chi connectivity index (χ0n) is 10.7. The Morgan fingerprint density at radius 1 is 1.00 bits per heavy atom. The largest absolute Gasteiger partial charge is 0.323 e. The number of nitrogens with one attached hydrogen (secondary N) is 2. The van der Waals surface area contributed by atoms with Crippen LogP contribution in [0.4, 0.5) is 0 Å². The van der Waals surface area contributed by atoms with Crippen molar-refractivity contribution >= 4 is 0 Å². The van der Waals surface area contributed by atoms with E-state index in [2.05, 4.69) is 42.9 Å². The summed E-state index contributed by atoms with van der Waals surface area (Å²) in [6.07, 6.45) is 0. The summed E-state index contributed by atoms with van der Waals surface area (Å²) < 4.78 is 0. The minimum absolute atomic E-state index is 0.152. The first-order valence-electron chi connectivity index (χ1n) is 5.78. The van der Waals surface area contributed by atoms with Gasteiger partial charge in [-0.3, -0.25) is 0 Å². The zero-order chi connectivity index (χ0) is 12.6. The Bertz CT molecular complexity index is 568. The maximum Gasteiger partial charge on any atom is 0.323 e. The average Bonchev–Trinajstić information content (AvgIpc) is 2.57. The van der Waals surface area contributed by atoms with Gasteiger partial charge in [-0.2, -0.15) is 0 Å². The number of hydrogen-bond donors (Lipinski definition) is 2. The third-order valence-electron chi connectivity index (χ3n) is 2.95. The van der Waals surface area contributed by atoms with Gasteiger partial charge >= 0.3 is 5.69 Å². The van der Waals surface area contributed by atoms with Crippen LogP contribution in [0.2, 0.25) is 0 Å². The van der Waals surface area contributed by atoms with Crippen molar-refractivity contribution in [1.82, 2.24) is 9.97 Å². The van der Waals surface area contributed by atoms with Gasteiger partial charge < -0.3 is 9.97 Å². The van der Waals surface area contributed by atoms with Gasteiger partial charge in [-0.05, 0) is 23.5 Å². The monoisotopic (exact) mass is 230 g/mol. The first kappa shape index (κ1) is 11.7. The van der Waals surface area contributed by atoms with Gasteiger partial charge in [-0.1, -0.05) is 45.0 Å². The lowest BCUT2D eigenvalue weighted by atomic mass is 9.86. The van der Waals surface area contributed by atoms with Crippen LogP contribution in [0.15, 0.2) is 29.1 Å². The first-order valence-corrected chi connectivity index (χ1v) is 5.78. The molecule has 0 unspecified atom stereocenters. The second-order valence-electron chi connectivity index (χ2n) is 5.41. The molecule has 3 nitrogen and oxygen atoms in total. The highest BCUT2D eigenvalue weighted by atomic mass is 16.1. The molecule has 1 aromatic carbocycles. The van der Waals surface area contributed by atoms with Gasteiger partial charge in [-0.15, -0.1) is 0 Å². The number of rotatable bonds is 1. The van der Waals surface area contributed by atoms with Crippen molar-refractivity contribution < 1.29 is 0 Å². The molecule has 0 saturated heterocycles. The number of H-pyrrole nitrogens is 2. The topological polar surface area (TPSA) is 48.6 Å². The zero-order valence-corrected chi connectivity index (χ0v) is 10.7. The van der Waals surface area contributed by atoms with Crippen molar-refractivity contribution in [1.29, 1.82) is 0 Å². The van der Waals surface area contributed by atoms with Gasteiger partial charge in [0.1, 0.15) is 0 Å². The summed E-state index contributed by atoms with van der Waals surface area (Å²) in [5.41, 5.74) is 4.07. The highest BCUT2D eigenvalue weighted by molar-refractivity contribution is 5.61. The summed E-state index contributed by atoms with van der Waals surface area (Å²) in [4.78, 5) is 16.7. The Labute approximate surface area is 101 Å². The van der Waals surface area contributed by atoms with Crippen LogP contribution in [0.25, 0.3) is 11.3 Å². The third kappa shape index (κ3) is 2.33. The summed E-state index contributed by atoms with van der Waals surface area (Å²) in [6, 6.07) is 8.32. The predicted molar refractivity (Wildman–Crippen MR) is 70.3 cm³/mol. The molecule has 2 aromatic rings. The summed E-state index contributed by atoms with van der Waals surface area (Å²) in [5, 5.41) is 0. The van der Waals surface area contributed by atoms with Crippen LogP contribution < -0.4 is 5.69 Å². The van der Waals surface area contributed by atoms with Crippen molar-refractivity contribution in [3.8, 4) is 11.3 Å². The van der Waals surface area contributed by atoms with E-state index in [0.29, 0.717) is 0 Å². The molecule has 0 atom stereocenters. The number of benzene rings is 1. The number of aromatic nitrogens is 2. The van der Waals surface area contributed by atoms with E-state index in [9.17, 15) is 4.79 Å². The molecule has 1 heterocycles. The summed E-state index contributed by atoms with van der Waals surface area (Å²) in [6.45, 7) is 8.45. The highest BCUT2D eigenvalue weighted by Crippen LogP contribution is 2.25. The molecular weight excluding hydrogens is 212 g/mol. The third-order valence-corrected chi connectivity index (χ3v) is 2.95. The molecule has 2 rings (SSSR count). The molecule has 0 spiro atoms. The van der Waals surface area contributed by atoms with E-state index >= 15 is 0 Å². The molecular formula is C14H18N2O. The molecule has 0 radical (unpaired) electrons. The summed E-state index contributed by atoms with van der Waals surface area (Å²) in [5.74, 6) is 0. The van der Waals surface area contributed by atoms with Crippen molar-refractivity contribution in [2.24, 2.45) is 0 Å². The molecule has 0 amide bonds. The lowest BCUT2D eigenvalue weighted by Gasteiger charge is -2.19. The fourth-order valence-electron chi connectivity index (χ4n) is 1.90. The van der Waals surface area contributed by atoms with E-state index in [4.69, 9.17) is 0 Å². The van der Waals surface area contributed by atoms with Crippen molar-refractivity contribution in [3.63, 3.8) is 0 Å². The quantitative estimate of drug-likeness (QED) is 0.777. The molecule has 17 heavy (non-hydrogen) atoms. The Kier molecular flexibility index (Phi) is 2.69. The van der Waals surface area contributed by atoms with E-state index in [1.165, 1.54) is 5.56 Å². The van der Waals surface area contributed by atoms with E-state index in [1.807, 2.05) is 19.1 Å². The molecule has 0 bridgehead atoms. The van der Waals surface area contributed by atoms with Crippen LogP contribution in [-0.2, 0) is 5.41 Å². The van der Waals surface area contributed by atoms with E-state index in [-0.39, 0.29) is 11.1 Å². The van der Waals surface area contributed by atoms with Crippen molar-refractivity contribution in [2.75, 3.05) is 0 Å². The molecule has 2 N–H and O–H groups in total. The molecule has 0 aliphatic heterocycles. The maximum absolute atomic E-state index is 11.2. The summed E-state index contributed by atoms with van der Waals surface area (Å²) in [7, 11) is 0. The number of aryl methyl sites for hydroxylation is 1. The van der Waals surface area contributed by atoms with Crippen LogP contribution in [-0.4, -0.2) is 9.97 Å². The minimum atomic E-state index is -0.155. The Morgan fingerprint density at radius 2 is 1.59 bits per heavy atom. The maximum atomic E-state index is 11.2. The van der Waals surface area contributed by atoms with E-state index < -0.39 is 0 Å². The SMILES string of the molecule is Cc1[nH]c(=O)[nH]c1-c1ccc(C(C)(C)C)cc1. The van der Waals surface area contributed by atoms with E-state index in [0.717, 1.165) is 17.0 Å². The number of imidazole rings is 1. The van der Waals surface area contributed by atoms with Gasteiger partial charge in [-0.25, -0.2) is 4.79 Å². The second kappa shape index (κ2) is 3.91. The van der Waals surface area contributed by atoms with Crippen LogP contribution in [0, 0.1) is 6.92 Å². The van der Waals surface area contributed by atoms with Crippen molar-refractivity contribution in [3.05, 3.63) is 46.0 Å². The normalized spacial score (nSPS) is 11.8. The highest BCUT2D eigenvalue weighted by Gasteiger charge is 2.13. The smallest absolute Gasteiger partial charge is 0.310 e. The van der Waals surface area contributed by atoms with Crippen LogP contribution in [0.5, 0.6) is 0 Å². The van der Waals surface area contributed by atoms with Gasteiger partial charge in [0.25, 0.3) is 0 Å². The standard InChI is InChI=1S/C14H18N2O/c1-9-12(16-13(17)15-9)10-5-7-11(8-6-10)14(2,3)4/h5-8H,1-4H3,(H2,15,16,17). The lowest BCUT2D eigenvalue weighted by molar-refractivity contribution is 0.590. The van der Waals surface area contributed by atoms with Gasteiger partial charge in [0.15, 0.2) is 0 Å². The molecule has 3 heteroatoms. The molecule has 0 aliphatic carbocycles. The predicted octanol–water partition coefficient (Wildman–Crippen LogP) is 2.98. The Balaban J connectivity index is 2.43. The molecule has 0 saturated carbocycles. The molecule has 0 fully saturated rings. The van der Waals surface area contributed by atoms with Gasteiger partial charge in [0, 0.05) is 5.69 Å². The number of aromatic amines is 2. The molecule has 90 valence electrons. The number of hydrogen-bond acceptors (Lipinski definition) is 1. The second-order valence-corrected chi connectivity index (χ2v) is 5.41. The minimum Gasteiger partial charge on any atom is -0.310 e. The van der Waals surface area contributed by atoms with Crippen LogP contribution in [0.1, 0.15) is 32.0 Å². The Morgan fingerprint density at radius 3 is 2.00 bits per heavy atom. The first-order chi connectivity index (χ1) is 7.88. The lowest BCUT2D eigenvalue weighted by Crippen LogP contribution is -2.10.